The fourth-order valence-corrected chi connectivity index (χ4v) is 1.93. The molecule has 0 spiro atoms. The summed E-state index contributed by atoms with van der Waals surface area (Å²) in [7, 11) is 0. The van der Waals surface area contributed by atoms with E-state index in [1.807, 2.05) is 16.8 Å². The average Bonchev–Trinajstić information content (AvgIpc) is 2.84. The number of rotatable bonds is 4. The Morgan fingerprint density at radius 2 is 2.00 bits per heavy atom. The predicted octanol–water partition coefficient (Wildman–Crippen LogP) is 2.19. The van der Waals surface area contributed by atoms with Crippen LogP contribution in [0.15, 0.2) is 18.2 Å². The number of nitrogens with one attached hydrogen (secondary N) is 1. The minimum atomic E-state index is 0.918. The monoisotopic (exact) mass is 232 g/mol. The summed E-state index contributed by atoms with van der Waals surface area (Å²) in [6, 6.07) is 6.19. The summed E-state index contributed by atoms with van der Waals surface area (Å²) in [4.78, 5) is 0. The van der Waals surface area contributed by atoms with Crippen LogP contribution in [0.4, 0.5) is 0 Å². The summed E-state index contributed by atoms with van der Waals surface area (Å²) in [5.74, 6) is 0. The highest BCUT2D eigenvalue weighted by Crippen LogP contribution is 2.23. The van der Waals surface area contributed by atoms with Crippen molar-refractivity contribution < 1.29 is 0 Å². The van der Waals surface area contributed by atoms with Gasteiger partial charge in [0.05, 0.1) is 12.1 Å². The molecule has 0 amide bonds. The molecular weight excluding hydrogens is 212 g/mol. The van der Waals surface area contributed by atoms with Crippen LogP contribution in [0.2, 0.25) is 0 Å². The molecule has 1 aliphatic heterocycles. The Hall–Kier alpha value is -1.42. The largest absolute Gasteiger partial charge is 0.317 e. The van der Waals surface area contributed by atoms with E-state index in [1.165, 1.54) is 31.5 Å². The van der Waals surface area contributed by atoms with E-state index in [-0.39, 0.29) is 0 Å². The van der Waals surface area contributed by atoms with Gasteiger partial charge in [-0.25, -0.2) is 4.68 Å². The average molecular weight is 232 g/mol. The fourth-order valence-electron chi connectivity index (χ4n) is 1.93. The summed E-state index contributed by atoms with van der Waals surface area (Å²) in [6.07, 6.45) is 2.50. The maximum atomic E-state index is 4.00. The van der Waals surface area contributed by atoms with Gasteiger partial charge in [0.1, 0.15) is 5.52 Å². The Labute approximate surface area is 102 Å². The molecule has 0 saturated heterocycles. The zero-order chi connectivity index (χ0) is 12.1. The second kappa shape index (κ2) is 5.77. The number of hydrogen-bond donors (Lipinski definition) is 1. The smallest absolute Gasteiger partial charge is 0.118 e. The van der Waals surface area contributed by atoms with Gasteiger partial charge in [0.15, 0.2) is 0 Å². The van der Waals surface area contributed by atoms with E-state index >= 15 is 0 Å². The van der Waals surface area contributed by atoms with Crippen LogP contribution in [0, 0.1) is 0 Å². The van der Waals surface area contributed by atoms with Gasteiger partial charge in [-0.05, 0) is 32.0 Å². The molecule has 3 rings (SSSR count). The lowest BCUT2D eigenvalue weighted by Gasteiger charge is -1.95. The van der Waals surface area contributed by atoms with Gasteiger partial charge in [0.25, 0.3) is 0 Å². The van der Waals surface area contributed by atoms with Crippen LogP contribution in [0.3, 0.4) is 0 Å². The number of nitrogens with zero attached hydrogens (tertiary/aromatic N) is 3. The maximum absolute atomic E-state index is 4.00. The van der Waals surface area contributed by atoms with E-state index in [9.17, 15) is 0 Å². The quantitative estimate of drug-likeness (QED) is 0.701. The predicted molar refractivity (Wildman–Crippen MR) is 70.1 cm³/mol. The van der Waals surface area contributed by atoms with E-state index in [4.69, 9.17) is 0 Å². The first-order valence-corrected chi connectivity index (χ1v) is 6.38. The molecular formula is C13H20N4. The van der Waals surface area contributed by atoms with E-state index in [0.29, 0.717) is 0 Å². The molecule has 0 saturated carbocycles. The van der Waals surface area contributed by atoms with Gasteiger partial charge in [-0.3, -0.25) is 0 Å². The summed E-state index contributed by atoms with van der Waals surface area (Å²) >= 11 is 0. The SMILES string of the molecule is CCCNCCC.c1cc2c3nnn(c3c1)C2. The number of hydrogen-bond acceptors (Lipinski definition) is 3. The van der Waals surface area contributed by atoms with Crippen LogP contribution in [-0.2, 0) is 6.54 Å². The highest BCUT2D eigenvalue weighted by molar-refractivity contribution is 5.81. The normalized spacial score (nSPS) is 11.9. The second-order valence-corrected chi connectivity index (χ2v) is 4.28. The van der Waals surface area contributed by atoms with Crippen molar-refractivity contribution in [1.82, 2.24) is 20.3 Å². The Balaban J connectivity index is 0.000000139. The molecule has 2 heterocycles. The van der Waals surface area contributed by atoms with Crippen molar-refractivity contribution >= 4 is 11.0 Å². The van der Waals surface area contributed by atoms with Gasteiger partial charge >= 0.3 is 0 Å². The van der Waals surface area contributed by atoms with E-state index in [2.05, 4.69) is 35.5 Å². The van der Waals surface area contributed by atoms with Crippen molar-refractivity contribution in [3.8, 4) is 0 Å². The summed E-state index contributed by atoms with van der Waals surface area (Å²) in [6.45, 7) is 7.63. The topological polar surface area (TPSA) is 42.7 Å². The number of aromatic nitrogens is 3. The van der Waals surface area contributed by atoms with Crippen LogP contribution in [-0.4, -0.2) is 28.1 Å². The zero-order valence-electron chi connectivity index (χ0n) is 10.6. The van der Waals surface area contributed by atoms with Gasteiger partial charge in [0, 0.05) is 5.56 Å². The van der Waals surface area contributed by atoms with Gasteiger partial charge in [0.2, 0.25) is 0 Å². The third-order valence-electron chi connectivity index (χ3n) is 2.80. The molecule has 4 nitrogen and oxygen atoms in total. The molecule has 1 aromatic carbocycles. The third-order valence-corrected chi connectivity index (χ3v) is 2.80. The van der Waals surface area contributed by atoms with E-state index in [1.54, 1.807) is 0 Å². The van der Waals surface area contributed by atoms with Crippen LogP contribution >= 0.6 is 0 Å². The van der Waals surface area contributed by atoms with Crippen molar-refractivity contribution in [2.45, 2.75) is 33.2 Å². The van der Waals surface area contributed by atoms with Crippen LogP contribution < -0.4 is 5.32 Å². The number of benzene rings is 1. The van der Waals surface area contributed by atoms with Gasteiger partial charge in [-0.1, -0.05) is 31.2 Å². The van der Waals surface area contributed by atoms with Crippen molar-refractivity contribution in [3.63, 3.8) is 0 Å². The lowest BCUT2D eigenvalue weighted by atomic mass is 10.2. The molecule has 2 aromatic rings. The van der Waals surface area contributed by atoms with Crippen molar-refractivity contribution in [1.29, 1.82) is 0 Å². The van der Waals surface area contributed by atoms with Crippen LogP contribution in [0.1, 0.15) is 32.3 Å². The highest BCUT2D eigenvalue weighted by atomic mass is 15.4. The second-order valence-electron chi connectivity index (χ2n) is 4.28. The lowest BCUT2D eigenvalue weighted by molar-refractivity contribution is 0.662. The minimum Gasteiger partial charge on any atom is -0.317 e. The van der Waals surface area contributed by atoms with Gasteiger partial charge in [-0.15, -0.1) is 5.10 Å². The van der Waals surface area contributed by atoms with E-state index in [0.717, 1.165) is 17.6 Å². The van der Waals surface area contributed by atoms with Crippen molar-refractivity contribution in [3.05, 3.63) is 23.8 Å². The molecule has 1 aromatic heterocycles. The molecule has 1 aliphatic rings. The van der Waals surface area contributed by atoms with Crippen LogP contribution in [0.5, 0.6) is 0 Å². The molecule has 17 heavy (non-hydrogen) atoms. The molecule has 0 unspecified atom stereocenters. The zero-order valence-corrected chi connectivity index (χ0v) is 10.6. The van der Waals surface area contributed by atoms with Crippen LogP contribution in [0.25, 0.3) is 11.0 Å². The first-order valence-electron chi connectivity index (χ1n) is 6.38. The molecule has 0 fully saturated rings. The molecule has 0 aliphatic carbocycles. The summed E-state index contributed by atoms with van der Waals surface area (Å²) < 4.78 is 1.92. The fraction of sp³-hybridized carbons (Fsp3) is 0.538. The minimum absolute atomic E-state index is 0.918. The highest BCUT2D eigenvalue weighted by Gasteiger charge is 2.15. The molecule has 1 N–H and O–H groups in total. The lowest BCUT2D eigenvalue weighted by Crippen LogP contribution is -2.14. The maximum Gasteiger partial charge on any atom is 0.118 e. The Bertz CT molecular complexity index is 471. The summed E-state index contributed by atoms with van der Waals surface area (Å²) in [5, 5.41) is 11.2. The first kappa shape index (κ1) is 12.0. The molecule has 0 atom stereocenters. The standard InChI is InChI=1S/C7H5N3.C6H15N/c1-2-5-4-10-6(3-1)7(5)8-9-10;1-3-5-7-6-4-2/h1-3H,4H2;7H,3-6H2,1-2H3. The van der Waals surface area contributed by atoms with Crippen molar-refractivity contribution in [2.75, 3.05) is 13.1 Å². The van der Waals surface area contributed by atoms with Gasteiger partial charge in [-0.2, -0.15) is 0 Å². The van der Waals surface area contributed by atoms with Crippen molar-refractivity contribution in [2.24, 2.45) is 0 Å². The molecule has 92 valence electrons. The Morgan fingerprint density at radius 1 is 1.24 bits per heavy atom. The third kappa shape index (κ3) is 2.64. The molecule has 4 bridgehead atoms. The summed E-state index contributed by atoms with van der Waals surface area (Å²) in [5.41, 5.74) is 3.53. The van der Waals surface area contributed by atoms with Gasteiger partial charge < -0.3 is 5.32 Å². The molecule has 4 heteroatoms. The Morgan fingerprint density at radius 3 is 2.59 bits per heavy atom. The first-order chi connectivity index (χ1) is 8.36. The van der Waals surface area contributed by atoms with E-state index < -0.39 is 0 Å². The molecule has 0 radical (unpaired) electrons. The Kier molecular flexibility index (Phi) is 4.09.